The molecule has 720 valence electrons. The minimum atomic E-state index is -1.19. The van der Waals surface area contributed by atoms with Crippen molar-refractivity contribution >= 4 is 29.8 Å². The van der Waals surface area contributed by atoms with E-state index >= 15 is 0 Å². The minimum absolute atomic E-state index is 0.0154. The molecule has 0 radical (unpaired) electrons. The Bertz CT molecular complexity index is 3130. The molecule has 0 amide bonds. The van der Waals surface area contributed by atoms with Crippen LogP contribution in [0, 0.1) is 80.9 Å². The van der Waals surface area contributed by atoms with E-state index in [0.29, 0.717) is 83.5 Å². The van der Waals surface area contributed by atoms with Crippen molar-refractivity contribution in [2.45, 2.75) is 528 Å². The number of carboxylic acids is 5. The van der Waals surface area contributed by atoms with Gasteiger partial charge in [0.1, 0.15) is 59.5 Å². The molecule has 23 nitrogen and oxygen atoms in total. The Balaban J connectivity index is -0.00000148. The zero-order valence-electron chi connectivity index (χ0n) is 80.0. The van der Waals surface area contributed by atoms with Crippen molar-refractivity contribution in [1.82, 2.24) is 0 Å². The topological polar surface area (TPSA) is 434 Å². The second-order valence-electron chi connectivity index (χ2n) is 38.1. The molecular formula is C101H178O23. The van der Waals surface area contributed by atoms with Gasteiger partial charge in [0.05, 0.1) is 52.2 Å². The lowest BCUT2D eigenvalue weighted by molar-refractivity contribution is -0.148. The fourth-order valence-electron chi connectivity index (χ4n) is 13.1. The predicted octanol–water partition coefficient (Wildman–Crippen LogP) is 18.1. The van der Waals surface area contributed by atoms with Crippen molar-refractivity contribution in [3.8, 4) is 59.2 Å². The third-order valence-electron chi connectivity index (χ3n) is 22.9. The summed E-state index contributed by atoms with van der Waals surface area (Å²) in [6.07, 6.45) is 37.6. The smallest absolute Gasteiger partial charge is 0.309 e. The van der Waals surface area contributed by atoms with E-state index in [9.17, 15) is 80.1 Å². The molecular weight excluding hydrogens is 1580 g/mol. The number of aliphatic carboxylic acids is 5. The van der Waals surface area contributed by atoms with Crippen LogP contribution in [0.3, 0.4) is 0 Å². The number of carboxylic acid groups (broad SMARTS) is 5. The Morgan fingerprint density at radius 1 is 0.282 bits per heavy atom. The monoisotopic (exact) mass is 1760 g/mol. The van der Waals surface area contributed by atoms with Crippen molar-refractivity contribution in [3.63, 3.8) is 0 Å². The van der Waals surface area contributed by atoms with Crippen LogP contribution >= 0.6 is 0 Å². The molecule has 2 saturated heterocycles. The lowest BCUT2D eigenvalue weighted by Crippen LogP contribution is -2.27. The van der Waals surface area contributed by atoms with Crippen molar-refractivity contribution in [1.29, 1.82) is 0 Å². The van der Waals surface area contributed by atoms with E-state index in [4.69, 9.17) is 35.0 Å². The first-order valence-corrected chi connectivity index (χ1v) is 47.7. The number of hydrogen-bond donors (Lipinski definition) is 16. The van der Waals surface area contributed by atoms with Crippen molar-refractivity contribution in [2.24, 2.45) is 21.7 Å². The van der Waals surface area contributed by atoms with E-state index in [1.165, 1.54) is 38.5 Å². The van der Waals surface area contributed by atoms with E-state index < -0.39 is 117 Å². The molecule has 2 fully saturated rings. The normalized spacial score (nSPS) is 18.0. The first kappa shape index (κ1) is 123. The third-order valence-corrected chi connectivity index (χ3v) is 22.9. The van der Waals surface area contributed by atoms with Gasteiger partial charge in [0.2, 0.25) is 0 Å². The highest BCUT2D eigenvalue weighted by Crippen LogP contribution is 2.32. The molecule has 2 aliphatic rings. The lowest BCUT2D eigenvalue weighted by atomic mass is 9.87. The number of hydrogen-bond acceptors (Lipinski definition) is 18. The molecule has 124 heavy (non-hydrogen) atoms. The molecule has 0 bridgehead atoms. The highest BCUT2D eigenvalue weighted by Gasteiger charge is 2.38. The van der Waals surface area contributed by atoms with Gasteiger partial charge in [-0.25, -0.2) is 0 Å². The number of epoxide rings is 2. The van der Waals surface area contributed by atoms with Gasteiger partial charge in [-0.05, 0) is 205 Å². The molecule has 2 heterocycles. The average Bonchev–Trinajstić information content (AvgIpc) is 1.71. The van der Waals surface area contributed by atoms with Crippen LogP contribution in [0.1, 0.15) is 438 Å². The Morgan fingerprint density at radius 2 is 0.532 bits per heavy atom. The van der Waals surface area contributed by atoms with Crippen molar-refractivity contribution in [2.75, 3.05) is 0 Å². The van der Waals surface area contributed by atoms with Gasteiger partial charge in [-0.1, -0.05) is 286 Å². The molecule has 2 aliphatic heterocycles. The molecule has 0 aromatic rings. The number of aliphatic hydroxyl groups excluding tert-OH is 8. The first-order valence-electron chi connectivity index (χ1n) is 47.7. The van der Waals surface area contributed by atoms with Gasteiger partial charge in [0, 0.05) is 6.42 Å². The van der Waals surface area contributed by atoms with Crippen molar-refractivity contribution in [3.05, 3.63) is 0 Å². The maximum atomic E-state index is 11.0. The molecule has 16 N–H and O–H groups in total. The summed E-state index contributed by atoms with van der Waals surface area (Å²) in [7, 11) is 0. The number of rotatable bonds is 63. The lowest BCUT2D eigenvalue weighted by Gasteiger charge is -2.19. The fourth-order valence-corrected chi connectivity index (χ4v) is 13.1. The average molecular weight is 1760 g/mol. The molecule has 2 rings (SSSR count). The number of unbranched alkanes of at least 4 members (excludes halogenated alkanes) is 26. The number of aliphatic hydroxyl groups is 11. The van der Waals surface area contributed by atoms with Gasteiger partial charge in [-0.3, -0.25) is 24.0 Å². The van der Waals surface area contributed by atoms with E-state index in [2.05, 4.69) is 93.8 Å². The molecule has 0 aromatic carbocycles. The molecule has 0 spiro atoms. The van der Waals surface area contributed by atoms with E-state index in [1.807, 2.05) is 0 Å². The summed E-state index contributed by atoms with van der Waals surface area (Å²) in [5, 5.41) is 154. The van der Waals surface area contributed by atoms with E-state index in [0.717, 1.165) is 199 Å². The Morgan fingerprint density at radius 3 is 0.839 bits per heavy atom. The minimum Gasteiger partial charge on any atom is -0.481 e. The predicted molar refractivity (Wildman–Crippen MR) is 493 cm³/mol. The zero-order valence-corrected chi connectivity index (χ0v) is 80.0. The molecule has 0 aromatic heterocycles. The van der Waals surface area contributed by atoms with Crippen LogP contribution in [-0.4, -0.2) is 202 Å². The second kappa shape index (κ2) is 70.5. The number of ether oxygens (including phenoxy) is 2. The van der Waals surface area contributed by atoms with E-state index in [1.54, 1.807) is 76.2 Å². The molecule has 23 heteroatoms. The van der Waals surface area contributed by atoms with Gasteiger partial charge in [-0.2, -0.15) is 0 Å². The van der Waals surface area contributed by atoms with Crippen LogP contribution in [0.4, 0.5) is 0 Å². The SMILES string of the molecule is CCCCCC(O)C(O)C#CC(C)(O)CCCCCCC(C)(C)C(=O)O.CCCCCC(O)C(O)C#CC(C)(O)CCCCCCCC(=O)O.CCCCCC(O)C(O)C#CC(O)CCCCCCC(C)(C)C(=O)O.CCCCCC1OC1C#CC(C)(O)CCCCCCC(C)(C)C(=O)O.CCCCCC1OC1C#CC(O)CCCCCCC(C)(C)C(=O)O. The van der Waals surface area contributed by atoms with Gasteiger partial charge in [0.25, 0.3) is 0 Å². The quantitative estimate of drug-likeness (QED) is 0.0153. The molecule has 15 atom stereocenters. The molecule has 0 aliphatic carbocycles. The second-order valence-corrected chi connectivity index (χ2v) is 38.1. The third kappa shape index (κ3) is 70.6. The van der Waals surface area contributed by atoms with Crippen LogP contribution in [0.25, 0.3) is 0 Å². The van der Waals surface area contributed by atoms with E-state index in [-0.39, 0.29) is 30.8 Å². The Kier molecular flexibility index (Phi) is 69.8. The first-order chi connectivity index (χ1) is 58.0. The summed E-state index contributed by atoms with van der Waals surface area (Å²) in [4.78, 5) is 54.5. The van der Waals surface area contributed by atoms with Crippen LogP contribution in [-0.2, 0) is 33.4 Å². The van der Waals surface area contributed by atoms with Crippen LogP contribution < -0.4 is 0 Å². The number of carbonyl (C=O) groups is 5. The van der Waals surface area contributed by atoms with Crippen LogP contribution in [0.15, 0.2) is 0 Å². The summed E-state index contributed by atoms with van der Waals surface area (Å²) in [5.74, 6) is 23.8. The summed E-state index contributed by atoms with van der Waals surface area (Å²) in [6, 6.07) is 0. The van der Waals surface area contributed by atoms with Crippen LogP contribution in [0.5, 0.6) is 0 Å². The fraction of sp³-hybridized carbons (Fsp3) is 0.851. The van der Waals surface area contributed by atoms with Gasteiger partial charge < -0.3 is 91.2 Å². The van der Waals surface area contributed by atoms with Crippen molar-refractivity contribution < 1.29 is 115 Å². The Labute approximate surface area is 750 Å². The summed E-state index contributed by atoms with van der Waals surface area (Å²) >= 11 is 0. The van der Waals surface area contributed by atoms with Gasteiger partial charge in [0.15, 0.2) is 0 Å². The summed E-state index contributed by atoms with van der Waals surface area (Å²) in [6.45, 7) is 29.6. The maximum Gasteiger partial charge on any atom is 0.309 e. The highest BCUT2D eigenvalue weighted by molar-refractivity contribution is 5.74. The standard InChI is InChI=1S/C21H38O5.C21H36O4.C20H36O5.C20H34O4.C19H34O5/c1-5-6-9-12-17(22)18(23)13-16-21(4,26)15-11-8-7-10-14-20(2,3)19(24)25;1-5-6-9-12-17-18(25-17)13-16-21(4,24)15-11-8-7-10-14-20(2,3)19(22)23;1-4-5-8-12-17(22)18(23)14-13-16(21)11-9-6-7-10-15-20(2,3)19(24)25;1-4-5-8-12-17-18(24-17)14-13-16(21)11-9-6-7-10-15-20(2,3)19(22)23;1-3-4-8-11-16(20)17(21)13-15-19(2,24)14-10-7-5-6-9-12-18(22)23/h17-18,22-23,26H,5-12,14-15H2,1-4H3,(H,24,25);17-18,24H,5-12,14-15H2,1-4H3,(H,22,23);16-18,21-23H,4-12,15H2,1-3H3,(H,24,25);16-18,21H,4-12,15H2,1-3H3,(H,22,23);16-17,20-21,24H,3-12,14H2,1-2H3,(H,22,23). The van der Waals surface area contributed by atoms with Gasteiger partial charge in [-0.15, -0.1) is 0 Å². The van der Waals surface area contributed by atoms with Crippen LogP contribution in [0.2, 0.25) is 0 Å². The largest absolute Gasteiger partial charge is 0.481 e. The molecule has 15 unspecified atom stereocenters. The van der Waals surface area contributed by atoms with Gasteiger partial charge >= 0.3 is 29.8 Å². The summed E-state index contributed by atoms with van der Waals surface area (Å²) in [5.41, 5.74) is -5.97. The molecule has 0 saturated carbocycles. The summed E-state index contributed by atoms with van der Waals surface area (Å²) < 4.78 is 11.0. The highest BCUT2D eigenvalue weighted by atomic mass is 16.6. The Hall–Kier alpha value is -5.37. The zero-order chi connectivity index (χ0) is 94.9. The maximum absolute atomic E-state index is 11.0.